The zero-order valence-corrected chi connectivity index (χ0v) is 11.5. The number of nitrogens with two attached hydrogens (primary N) is 1. The first kappa shape index (κ1) is 13.5. The molecule has 0 atom stereocenters. The molecule has 0 aliphatic heterocycles. The number of aromatic nitrogens is 3. The third-order valence-electron chi connectivity index (χ3n) is 1.99. The molecule has 0 saturated heterocycles. The Kier molecular flexibility index (Phi) is 4.48. The topological polar surface area (TPSA) is 95.2 Å². The third kappa shape index (κ3) is 4.04. The van der Waals surface area contributed by atoms with Gasteiger partial charge >= 0.3 is 12.0 Å². The van der Waals surface area contributed by atoms with E-state index in [4.69, 9.17) is 15.3 Å². The van der Waals surface area contributed by atoms with Gasteiger partial charge in [0.2, 0.25) is 5.95 Å². The van der Waals surface area contributed by atoms with E-state index in [-0.39, 0.29) is 24.1 Å². The Morgan fingerprint density at radius 3 is 2.74 bits per heavy atom. The van der Waals surface area contributed by atoms with Crippen molar-refractivity contribution in [2.75, 3.05) is 5.43 Å². The number of hydrazine groups is 1. The molecule has 2 aromatic rings. The molecular formula is C11H15N5O2S. The predicted molar refractivity (Wildman–Crippen MR) is 72.1 cm³/mol. The molecule has 0 unspecified atom stereocenters. The molecular weight excluding hydrogens is 266 g/mol. The average molecular weight is 281 g/mol. The van der Waals surface area contributed by atoms with Gasteiger partial charge in [-0.15, -0.1) is 16.3 Å². The van der Waals surface area contributed by atoms with Gasteiger partial charge in [-0.3, -0.25) is 5.43 Å². The lowest BCUT2D eigenvalue weighted by Crippen LogP contribution is -2.15. The number of nitrogens with one attached hydrogen (secondary N) is 1. The van der Waals surface area contributed by atoms with Gasteiger partial charge in [-0.1, -0.05) is 6.07 Å². The van der Waals surface area contributed by atoms with Crippen molar-refractivity contribution in [1.82, 2.24) is 15.0 Å². The van der Waals surface area contributed by atoms with Crippen molar-refractivity contribution in [3.8, 4) is 12.0 Å². The summed E-state index contributed by atoms with van der Waals surface area (Å²) in [6.45, 7) is 4.16. The monoisotopic (exact) mass is 281 g/mol. The second-order valence-electron chi connectivity index (χ2n) is 3.90. The van der Waals surface area contributed by atoms with Crippen LogP contribution in [0.4, 0.5) is 5.95 Å². The molecule has 7 nitrogen and oxygen atoms in total. The number of rotatable bonds is 6. The highest BCUT2D eigenvalue weighted by Gasteiger charge is 2.09. The molecule has 102 valence electrons. The fourth-order valence-corrected chi connectivity index (χ4v) is 1.88. The number of thiophene rings is 1. The van der Waals surface area contributed by atoms with E-state index in [1.165, 1.54) is 0 Å². The number of anilines is 1. The summed E-state index contributed by atoms with van der Waals surface area (Å²) in [4.78, 5) is 13.1. The summed E-state index contributed by atoms with van der Waals surface area (Å²) in [5, 5.41) is 1.98. The molecule has 0 spiro atoms. The standard InChI is InChI=1S/C11H15N5O2S/c1-7(2)18-11-14-9(16-12)13-10(15-11)17-6-8-4-3-5-19-8/h3-5,7H,6,12H2,1-2H3,(H,13,14,15,16). The van der Waals surface area contributed by atoms with E-state index in [1.807, 2.05) is 31.4 Å². The van der Waals surface area contributed by atoms with Crippen LogP contribution in [0, 0.1) is 0 Å². The Balaban J connectivity index is 2.09. The van der Waals surface area contributed by atoms with E-state index in [9.17, 15) is 0 Å². The van der Waals surface area contributed by atoms with Crippen molar-refractivity contribution in [2.45, 2.75) is 26.6 Å². The predicted octanol–water partition coefficient (Wildman–Crippen LogP) is 1.58. The van der Waals surface area contributed by atoms with Crippen LogP contribution in [-0.2, 0) is 6.61 Å². The SMILES string of the molecule is CC(C)Oc1nc(NN)nc(OCc2cccs2)n1. The number of nitrogen functional groups attached to an aromatic ring is 1. The smallest absolute Gasteiger partial charge is 0.324 e. The van der Waals surface area contributed by atoms with Crippen LogP contribution in [0.3, 0.4) is 0 Å². The Labute approximate surface area is 114 Å². The first-order valence-electron chi connectivity index (χ1n) is 5.72. The molecule has 0 fully saturated rings. The zero-order valence-electron chi connectivity index (χ0n) is 10.7. The molecule has 0 amide bonds. The molecule has 0 aromatic carbocycles. The van der Waals surface area contributed by atoms with Crippen molar-refractivity contribution in [2.24, 2.45) is 5.84 Å². The molecule has 3 N–H and O–H groups in total. The Morgan fingerprint density at radius 1 is 1.32 bits per heavy atom. The van der Waals surface area contributed by atoms with Gasteiger partial charge < -0.3 is 9.47 Å². The van der Waals surface area contributed by atoms with Crippen LogP contribution in [0.2, 0.25) is 0 Å². The summed E-state index contributed by atoms with van der Waals surface area (Å²) >= 11 is 1.60. The summed E-state index contributed by atoms with van der Waals surface area (Å²) in [6, 6.07) is 4.28. The van der Waals surface area contributed by atoms with Gasteiger partial charge in [0, 0.05) is 4.88 Å². The lowest BCUT2D eigenvalue weighted by molar-refractivity contribution is 0.212. The summed E-state index contributed by atoms with van der Waals surface area (Å²) in [5.41, 5.74) is 2.35. The van der Waals surface area contributed by atoms with Crippen LogP contribution < -0.4 is 20.7 Å². The summed E-state index contributed by atoms with van der Waals surface area (Å²) in [6.07, 6.45) is -0.0434. The summed E-state index contributed by atoms with van der Waals surface area (Å²) in [5.74, 6) is 5.50. The van der Waals surface area contributed by atoms with Crippen LogP contribution in [0.1, 0.15) is 18.7 Å². The highest BCUT2D eigenvalue weighted by Crippen LogP contribution is 2.16. The average Bonchev–Trinajstić information content (AvgIpc) is 2.88. The lowest BCUT2D eigenvalue weighted by Gasteiger charge is -2.10. The Bertz CT molecular complexity index is 518. The molecule has 19 heavy (non-hydrogen) atoms. The van der Waals surface area contributed by atoms with Crippen molar-refractivity contribution in [3.63, 3.8) is 0 Å². The van der Waals surface area contributed by atoms with Crippen molar-refractivity contribution < 1.29 is 9.47 Å². The fraction of sp³-hybridized carbons (Fsp3) is 0.364. The Hall–Kier alpha value is -1.93. The minimum Gasteiger partial charge on any atom is -0.461 e. The van der Waals surface area contributed by atoms with Crippen molar-refractivity contribution >= 4 is 17.3 Å². The first-order valence-corrected chi connectivity index (χ1v) is 6.60. The second-order valence-corrected chi connectivity index (χ2v) is 4.94. The third-order valence-corrected chi connectivity index (χ3v) is 2.84. The van der Waals surface area contributed by atoms with Crippen LogP contribution in [0.5, 0.6) is 12.0 Å². The van der Waals surface area contributed by atoms with Crippen molar-refractivity contribution in [1.29, 1.82) is 0 Å². The molecule has 0 aliphatic rings. The van der Waals surface area contributed by atoms with Gasteiger partial charge in [0.05, 0.1) is 6.10 Å². The maximum Gasteiger partial charge on any atom is 0.324 e. The van der Waals surface area contributed by atoms with Gasteiger partial charge in [0.25, 0.3) is 0 Å². The minimum atomic E-state index is -0.0434. The largest absolute Gasteiger partial charge is 0.461 e. The number of nitrogens with zero attached hydrogens (tertiary/aromatic N) is 3. The van der Waals surface area contributed by atoms with Gasteiger partial charge in [-0.2, -0.15) is 9.97 Å². The highest BCUT2D eigenvalue weighted by molar-refractivity contribution is 7.09. The van der Waals surface area contributed by atoms with Gasteiger partial charge in [-0.05, 0) is 25.3 Å². The maximum absolute atomic E-state index is 5.49. The molecule has 0 aliphatic carbocycles. The first-order chi connectivity index (χ1) is 9.17. The zero-order chi connectivity index (χ0) is 13.7. The van der Waals surface area contributed by atoms with E-state index >= 15 is 0 Å². The summed E-state index contributed by atoms with van der Waals surface area (Å²) < 4.78 is 10.9. The fourth-order valence-electron chi connectivity index (χ4n) is 1.26. The highest BCUT2D eigenvalue weighted by atomic mass is 32.1. The number of hydrogen-bond acceptors (Lipinski definition) is 8. The molecule has 8 heteroatoms. The van der Waals surface area contributed by atoms with Gasteiger partial charge in [0.1, 0.15) is 6.61 Å². The van der Waals surface area contributed by atoms with E-state index in [2.05, 4.69) is 20.4 Å². The van der Waals surface area contributed by atoms with Crippen LogP contribution in [0.25, 0.3) is 0 Å². The van der Waals surface area contributed by atoms with Crippen LogP contribution >= 0.6 is 11.3 Å². The number of ether oxygens (including phenoxy) is 2. The van der Waals surface area contributed by atoms with Gasteiger partial charge in [0.15, 0.2) is 0 Å². The van der Waals surface area contributed by atoms with E-state index in [0.717, 1.165) is 4.88 Å². The van der Waals surface area contributed by atoms with Crippen molar-refractivity contribution in [3.05, 3.63) is 22.4 Å². The molecule has 2 heterocycles. The normalized spacial score (nSPS) is 10.5. The van der Waals surface area contributed by atoms with E-state index in [0.29, 0.717) is 6.61 Å². The van der Waals surface area contributed by atoms with E-state index in [1.54, 1.807) is 11.3 Å². The van der Waals surface area contributed by atoms with E-state index < -0.39 is 0 Å². The quantitative estimate of drug-likeness (QED) is 0.613. The molecule has 0 radical (unpaired) electrons. The maximum atomic E-state index is 5.49. The molecule has 0 bridgehead atoms. The molecule has 2 aromatic heterocycles. The second kappa shape index (κ2) is 6.30. The van der Waals surface area contributed by atoms with Crippen LogP contribution in [0.15, 0.2) is 17.5 Å². The minimum absolute atomic E-state index is 0.0434. The molecule has 0 saturated carbocycles. The summed E-state index contributed by atoms with van der Waals surface area (Å²) in [7, 11) is 0. The molecule has 2 rings (SSSR count). The van der Waals surface area contributed by atoms with Gasteiger partial charge in [-0.25, -0.2) is 5.84 Å². The number of hydrogen-bond donors (Lipinski definition) is 2. The van der Waals surface area contributed by atoms with Crippen LogP contribution in [-0.4, -0.2) is 21.1 Å². The Morgan fingerprint density at radius 2 is 2.11 bits per heavy atom. The lowest BCUT2D eigenvalue weighted by atomic mass is 10.5.